The number of methoxy groups -OCH3 is 1. The maximum absolute atomic E-state index is 5.43. The second-order valence-corrected chi connectivity index (χ2v) is 6.83. The third-order valence-electron chi connectivity index (χ3n) is 4.63. The van der Waals surface area contributed by atoms with Crippen molar-refractivity contribution in [2.45, 2.75) is 33.4 Å². The maximum atomic E-state index is 5.43. The number of para-hydroxylation sites is 1. The zero-order chi connectivity index (χ0) is 20.2. The zero-order valence-corrected chi connectivity index (χ0v) is 17.7. The van der Waals surface area contributed by atoms with Gasteiger partial charge in [0.15, 0.2) is 5.96 Å². The standard InChI is InChI=1S/C23H34N4O/c1-5-24-23(25-15-14-21-12-7-8-13-22(21)28-4)26-17-19-10-9-11-20(16-19)18-27(3)6-2/h7-13,16H,5-6,14-15,17-18H2,1-4H3,(H2,24,25,26). The van der Waals surface area contributed by atoms with Gasteiger partial charge in [-0.2, -0.15) is 0 Å². The summed E-state index contributed by atoms with van der Waals surface area (Å²) in [7, 11) is 3.85. The van der Waals surface area contributed by atoms with Crippen molar-refractivity contribution in [1.82, 2.24) is 15.5 Å². The first-order valence-corrected chi connectivity index (χ1v) is 10.1. The lowest BCUT2D eigenvalue weighted by Crippen LogP contribution is -2.38. The molecule has 0 unspecified atom stereocenters. The van der Waals surface area contributed by atoms with Gasteiger partial charge < -0.3 is 20.3 Å². The highest BCUT2D eigenvalue weighted by atomic mass is 16.5. The van der Waals surface area contributed by atoms with E-state index in [2.05, 4.69) is 66.8 Å². The molecule has 0 saturated heterocycles. The van der Waals surface area contributed by atoms with E-state index in [1.165, 1.54) is 16.7 Å². The van der Waals surface area contributed by atoms with Crippen molar-refractivity contribution in [1.29, 1.82) is 0 Å². The summed E-state index contributed by atoms with van der Waals surface area (Å²) >= 11 is 0. The lowest BCUT2D eigenvalue weighted by molar-refractivity contribution is 0.345. The van der Waals surface area contributed by atoms with Crippen LogP contribution in [0.5, 0.6) is 5.75 Å². The average molecular weight is 383 g/mol. The molecule has 0 amide bonds. The molecule has 0 aliphatic carbocycles. The van der Waals surface area contributed by atoms with Crippen LogP contribution in [0.3, 0.4) is 0 Å². The molecule has 0 aromatic heterocycles. The van der Waals surface area contributed by atoms with E-state index in [4.69, 9.17) is 9.73 Å². The third kappa shape index (κ3) is 7.24. The highest BCUT2D eigenvalue weighted by Crippen LogP contribution is 2.17. The second kappa shape index (κ2) is 12.0. The van der Waals surface area contributed by atoms with Crippen molar-refractivity contribution < 1.29 is 4.74 Å². The molecule has 152 valence electrons. The molecule has 2 rings (SSSR count). The Morgan fingerprint density at radius 2 is 1.82 bits per heavy atom. The summed E-state index contributed by atoms with van der Waals surface area (Å²) in [5, 5.41) is 6.74. The molecule has 2 aromatic rings. The molecule has 28 heavy (non-hydrogen) atoms. The summed E-state index contributed by atoms with van der Waals surface area (Å²) in [4.78, 5) is 7.04. The van der Waals surface area contributed by atoms with Gasteiger partial charge in [-0.05, 0) is 49.7 Å². The van der Waals surface area contributed by atoms with Crippen LogP contribution in [-0.4, -0.2) is 44.7 Å². The molecule has 5 nitrogen and oxygen atoms in total. The van der Waals surface area contributed by atoms with Crippen molar-refractivity contribution in [2.75, 3.05) is 33.8 Å². The van der Waals surface area contributed by atoms with Crippen LogP contribution < -0.4 is 15.4 Å². The Kier molecular flexibility index (Phi) is 9.35. The molecule has 5 heteroatoms. The monoisotopic (exact) mass is 382 g/mol. The summed E-state index contributed by atoms with van der Waals surface area (Å²) in [6, 6.07) is 16.8. The number of ether oxygens (including phenoxy) is 1. The summed E-state index contributed by atoms with van der Waals surface area (Å²) in [6.45, 7) is 8.56. The number of benzene rings is 2. The first kappa shape index (κ1) is 21.8. The van der Waals surface area contributed by atoms with Crippen LogP contribution in [0.1, 0.15) is 30.5 Å². The molecule has 0 aliphatic rings. The fraction of sp³-hybridized carbons (Fsp3) is 0.435. The highest BCUT2D eigenvalue weighted by Gasteiger charge is 2.03. The number of hydrogen-bond acceptors (Lipinski definition) is 3. The van der Waals surface area contributed by atoms with Gasteiger partial charge in [0.2, 0.25) is 0 Å². The van der Waals surface area contributed by atoms with E-state index in [0.717, 1.165) is 44.3 Å². The number of guanidine groups is 1. The van der Waals surface area contributed by atoms with Crippen molar-refractivity contribution in [2.24, 2.45) is 4.99 Å². The van der Waals surface area contributed by atoms with E-state index in [0.29, 0.717) is 6.54 Å². The van der Waals surface area contributed by atoms with E-state index < -0.39 is 0 Å². The highest BCUT2D eigenvalue weighted by molar-refractivity contribution is 5.79. The molecule has 0 bridgehead atoms. The van der Waals surface area contributed by atoms with Crippen molar-refractivity contribution in [3.05, 3.63) is 65.2 Å². The Balaban J connectivity index is 1.94. The SMILES string of the molecule is CCNC(=NCc1cccc(CN(C)CC)c1)NCCc1ccccc1OC. The average Bonchev–Trinajstić information content (AvgIpc) is 2.72. The summed E-state index contributed by atoms with van der Waals surface area (Å²) in [5.41, 5.74) is 3.75. The van der Waals surface area contributed by atoms with Crippen LogP contribution in [-0.2, 0) is 19.5 Å². The summed E-state index contributed by atoms with van der Waals surface area (Å²) < 4.78 is 5.43. The quantitative estimate of drug-likeness (QED) is 0.488. The van der Waals surface area contributed by atoms with Crippen LogP contribution in [0.25, 0.3) is 0 Å². The molecule has 2 N–H and O–H groups in total. The Bertz CT molecular complexity index is 745. The lowest BCUT2D eigenvalue weighted by Gasteiger charge is -2.15. The van der Waals surface area contributed by atoms with Gasteiger partial charge in [-0.3, -0.25) is 0 Å². The van der Waals surface area contributed by atoms with Crippen molar-refractivity contribution in [3.63, 3.8) is 0 Å². The molecule has 0 atom stereocenters. The second-order valence-electron chi connectivity index (χ2n) is 6.83. The minimum Gasteiger partial charge on any atom is -0.496 e. The topological polar surface area (TPSA) is 48.9 Å². The van der Waals surface area contributed by atoms with E-state index in [9.17, 15) is 0 Å². The van der Waals surface area contributed by atoms with E-state index in [1.807, 2.05) is 18.2 Å². The number of rotatable bonds is 10. The van der Waals surface area contributed by atoms with Crippen molar-refractivity contribution in [3.8, 4) is 5.75 Å². The zero-order valence-electron chi connectivity index (χ0n) is 17.7. The normalized spacial score (nSPS) is 11.5. The lowest BCUT2D eigenvalue weighted by atomic mass is 10.1. The maximum Gasteiger partial charge on any atom is 0.191 e. The minimum absolute atomic E-state index is 0.660. The van der Waals surface area contributed by atoms with Crippen molar-refractivity contribution >= 4 is 5.96 Å². The van der Waals surface area contributed by atoms with E-state index in [-0.39, 0.29) is 0 Å². The van der Waals surface area contributed by atoms with Gasteiger partial charge in [-0.1, -0.05) is 49.4 Å². The first-order chi connectivity index (χ1) is 13.7. The molecule has 0 fully saturated rings. The molecular formula is C23H34N4O. The van der Waals surface area contributed by atoms with Gasteiger partial charge in [0.25, 0.3) is 0 Å². The smallest absolute Gasteiger partial charge is 0.191 e. The van der Waals surface area contributed by atoms with Crippen LogP contribution in [0.4, 0.5) is 0 Å². The van der Waals surface area contributed by atoms with Gasteiger partial charge >= 0.3 is 0 Å². The summed E-state index contributed by atoms with van der Waals surface area (Å²) in [6.07, 6.45) is 0.882. The van der Waals surface area contributed by atoms with Crippen LogP contribution in [0, 0.1) is 0 Å². The van der Waals surface area contributed by atoms with Gasteiger partial charge in [0.1, 0.15) is 5.75 Å². The third-order valence-corrected chi connectivity index (χ3v) is 4.63. The number of nitrogens with zero attached hydrogens (tertiary/aromatic N) is 2. The molecule has 0 saturated carbocycles. The number of nitrogens with one attached hydrogen (secondary N) is 2. The molecule has 0 aliphatic heterocycles. The molecule has 0 spiro atoms. The van der Waals surface area contributed by atoms with Crippen LogP contribution in [0.15, 0.2) is 53.5 Å². The van der Waals surface area contributed by atoms with Crippen LogP contribution >= 0.6 is 0 Å². The Morgan fingerprint density at radius 3 is 2.57 bits per heavy atom. The fourth-order valence-corrected chi connectivity index (χ4v) is 2.99. The predicted molar refractivity (Wildman–Crippen MR) is 118 cm³/mol. The number of hydrogen-bond donors (Lipinski definition) is 2. The Labute approximate surface area is 169 Å². The minimum atomic E-state index is 0.660. The molecule has 0 radical (unpaired) electrons. The molecular weight excluding hydrogens is 348 g/mol. The van der Waals surface area contributed by atoms with E-state index >= 15 is 0 Å². The molecule has 2 aromatic carbocycles. The van der Waals surface area contributed by atoms with Gasteiger partial charge in [-0.25, -0.2) is 4.99 Å². The molecule has 0 heterocycles. The predicted octanol–water partition coefficient (Wildman–Crippen LogP) is 3.44. The van der Waals surface area contributed by atoms with Gasteiger partial charge in [0.05, 0.1) is 13.7 Å². The van der Waals surface area contributed by atoms with Crippen LogP contribution in [0.2, 0.25) is 0 Å². The summed E-state index contributed by atoms with van der Waals surface area (Å²) in [5.74, 6) is 1.77. The first-order valence-electron chi connectivity index (χ1n) is 10.1. The Hall–Kier alpha value is -2.53. The largest absolute Gasteiger partial charge is 0.496 e. The Morgan fingerprint density at radius 1 is 1.04 bits per heavy atom. The number of aliphatic imine (C=N–C) groups is 1. The fourth-order valence-electron chi connectivity index (χ4n) is 2.99. The van der Waals surface area contributed by atoms with Gasteiger partial charge in [-0.15, -0.1) is 0 Å². The van der Waals surface area contributed by atoms with E-state index in [1.54, 1.807) is 7.11 Å². The van der Waals surface area contributed by atoms with Gasteiger partial charge in [0, 0.05) is 19.6 Å².